The Bertz CT molecular complexity index is 457. The molecule has 3 heteroatoms. The fraction of sp³-hybridized carbons (Fsp3) is 0.385. The highest BCUT2D eigenvalue weighted by molar-refractivity contribution is 6.31. The van der Waals surface area contributed by atoms with Gasteiger partial charge in [0.05, 0.1) is 17.9 Å². The average Bonchev–Trinajstić information content (AvgIpc) is 2.19. The van der Waals surface area contributed by atoms with Crippen LogP contribution in [-0.2, 0) is 10.2 Å². The van der Waals surface area contributed by atoms with E-state index in [1.54, 1.807) is 6.07 Å². The summed E-state index contributed by atoms with van der Waals surface area (Å²) in [5.74, 6) is 0.00866. The Balaban J connectivity index is 2.40. The zero-order chi connectivity index (χ0) is 11.6. The average molecular weight is 234 g/mol. The molecule has 0 N–H and O–H groups in total. The standard InChI is InChI=1S/C13H12ClNO/c14-11-5-2-1-4-10(11)13(7-3-8-13)12(16)6-9-15/h1-2,4-5H,3,6-8H2. The van der Waals surface area contributed by atoms with E-state index in [0.717, 1.165) is 24.8 Å². The van der Waals surface area contributed by atoms with Gasteiger partial charge in [0, 0.05) is 5.02 Å². The minimum Gasteiger partial charge on any atom is -0.298 e. The Morgan fingerprint density at radius 2 is 2.12 bits per heavy atom. The molecule has 1 aromatic rings. The second-order valence-corrected chi connectivity index (χ2v) is 4.58. The van der Waals surface area contributed by atoms with Gasteiger partial charge in [-0.1, -0.05) is 36.2 Å². The molecule has 0 atom stereocenters. The lowest BCUT2D eigenvalue weighted by atomic mass is 9.61. The first-order valence-corrected chi connectivity index (χ1v) is 5.74. The number of carbonyl (C=O) groups excluding carboxylic acids is 1. The summed E-state index contributed by atoms with van der Waals surface area (Å²) in [6.45, 7) is 0. The number of nitriles is 1. The number of Topliss-reactive ketones (excluding diaryl/α,β-unsaturated/α-hetero) is 1. The molecule has 82 valence electrons. The Hall–Kier alpha value is -1.33. The van der Waals surface area contributed by atoms with Crippen LogP contribution in [0.15, 0.2) is 24.3 Å². The molecule has 1 fully saturated rings. The number of rotatable bonds is 3. The SMILES string of the molecule is N#CCC(=O)C1(c2ccccc2Cl)CCC1. The van der Waals surface area contributed by atoms with Gasteiger partial charge in [0.2, 0.25) is 0 Å². The maximum atomic E-state index is 12.0. The van der Waals surface area contributed by atoms with Gasteiger partial charge in [-0.15, -0.1) is 0 Å². The monoisotopic (exact) mass is 233 g/mol. The van der Waals surface area contributed by atoms with E-state index in [0.29, 0.717) is 5.02 Å². The Kier molecular flexibility index (Phi) is 2.98. The summed E-state index contributed by atoms with van der Waals surface area (Å²) in [6, 6.07) is 9.38. The second kappa shape index (κ2) is 4.27. The van der Waals surface area contributed by atoms with Gasteiger partial charge in [-0.2, -0.15) is 5.26 Å². The molecule has 0 unspecified atom stereocenters. The van der Waals surface area contributed by atoms with Crippen molar-refractivity contribution in [2.24, 2.45) is 0 Å². The fourth-order valence-electron chi connectivity index (χ4n) is 2.32. The number of benzene rings is 1. The molecule has 0 radical (unpaired) electrons. The molecule has 0 heterocycles. The molecule has 0 saturated heterocycles. The van der Waals surface area contributed by atoms with E-state index in [-0.39, 0.29) is 12.2 Å². The lowest BCUT2D eigenvalue weighted by Gasteiger charge is -2.41. The van der Waals surface area contributed by atoms with Crippen molar-refractivity contribution in [3.8, 4) is 6.07 Å². The Morgan fingerprint density at radius 1 is 1.44 bits per heavy atom. The summed E-state index contributed by atoms with van der Waals surface area (Å²) in [5.41, 5.74) is 0.414. The fourth-order valence-corrected chi connectivity index (χ4v) is 2.64. The second-order valence-electron chi connectivity index (χ2n) is 4.17. The van der Waals surface area contributed by atoms with Crippen molar-refractivity contribution in [2.75, 3.05) is 0 Å². The van der Waals surface area contributed by atoms with E-state index in [9.17, 15) is 4.79 Å². The van der Waals surface area contributed by atoms with Crippen LogP contribution in [0.4, 0.5) is 0 Å². The molecule has 2 nitrogen and oxygen atoms in total. The zero-order valence-corrected chi connectivity index (χ0v) is 9.63. The summed E-state index contributed by atoms with van der Waals surface area (Å²) >= 11 is 6.13. The van der Waals surface area contributed by atoms with Crippen LogP contribution in [0.3, 0.4) is 0 Å². The summed E-state index contributed by atoms with van der Waals surface area (Å²) in [5, 5.41) is 9.26. The van der Waals surface area contributed by atoms with Crippen LogP contribution in [0.1, 0.15) is 31.2 Å². The Morgan fingerprint density at radius 3 is 2.62 bits per heavy atom. The van der Waals surface area contributed by atoms with Crippen LogP contribution >= 0.6 is 11.6 Å². The van der Waals surface area contributed by atoms with Crippen molar-refractivity contribution in [3.63, 3.8) is 0 Å². The number of hydrogen-bond donors (Lipinski definition) is 0. The van der Waals surface area contributed by atoms with E-state index in [2.05, 4.69) is 0 Å². The third kappa shape index (κ3) is 1.62. The smallest absolute Gasteiger partial charge is 0.157 e. The van der Waals surface area contributed by atoms with Crippen LogP contribution in [0.5, 0.6) is 0 Å². The third-order valence-corrected chi connectivity index (χ3v) is 3.70. The van der Waals surface area contributed by atoms with Gasteiger partial charge in [-0.25, -0.2) is 0 Å². The van der Waals surface area contributed by atoms with E-state index in [1.807, 2.05) is 24.3 Å². The lowest BCUT2D eigenvalue weighted by molar-refractivity contribution is -0.126. The molecule has 1 aliphatic carbocycles. The lowest BCUT2D eigenvalue weighted by Crippen LogP contribution is -2.42. The molecule has 0 spiro atoms. The molecule has 1 saturated carbocycles. The van der Waals surface area contributed by atoms with Gasteiger partial charge in [0.25, 0.3) is 0 Å². The third-order valence-electron chi connectivity index (χ3n) is 3.37. The van der Waals surface area contributed by atoms with Crippen LogP contribution in [0.2, 0.25) is 5.02 Å². The van der Waals surface area contributed by atoms with Crippen molar-refractivity contribution < 1.29 is 4.79 Å². The van der Waals surface area contributed by atoms with Gasteiger partial charge in [-0.3, -0.25) is 4.79 Å². The summed E-state index contributed by atoms with van der Waals surface area (Å²) in [4.78, 5) is 12.0. The number of nitrogens with zero attached hydrogens (tertiary/aromatic N) is 1. The number of carbonyl (C=O) groups is 1. The van der Waals surface area contributed by atoms with Gasteiger partial charge >= 0.3 is 0 Å². The number of ketones is 1. The Labute approximate surface area is 99.8 Å². The predicted octanol–water partition coefficient (Wildman–Crippen LogP) is 3.24. The maximum Gasteiger partial charge on any atom is 0.157 e. The summed E-state index contributed by atoms with van der Waals surface area (Å²) in [6.07, 6.45) is 2.64. The van der Waals surface area contributed by atoms with Crippen LogP contribution in [0.25, 0.3) is 0 Å². The minimum absolute atomic E-state index is 0.00866. The molecule has 16 heavy (non-hydrogen) atoms. The van der Waals surface area contributed by atoms with Crippen LogP contribution < -0.4 is 0 Å². The largest absolute Gasteiger partial charge is 0.298 e. The van der Waals surface area contributed by atoms with E-state index >= 15 is 0 Å². The molecule has 1 aliphatic rings. The minimum atomic E-state index is -0.478. The van der Waals surface area contributed by atoms with Gasteiger partial charge in [-0.05, 0) is 24.5 Å². The summed E-state index contributed by atoms with van der Waals surface area (Å²) in [7, 11) is 0. The molecule has 0 bridgehead atoms. The number of halogens is 1. The normalized spacial score (nSPS) is 17.2. The first kappa shape index (κ1) is 11.2. The molecular formula is C13H12ClNO. The molecule has 1 aromatic carbocycles. The highest BCUT2D eigenvalue weighted by atomic mass is 35.5. The molecule has 0 amide bonds. The van der Waals surface area contributed by atoms with Crippen molar-refractivity contribution >= 4 is 17.4 Å². The van der Waals surface area contributed by atoms with Crippen molar-refractivity contribution in [1.82, 2.24) is 0 Å². The first-order chi connectivity index (χ1) is 7.70. The van der Waals surface area contributed by atoms with Crippen molar-refractivity contribution in [2.45, 2.75) is 31.1 Å². The number of hydrogen-bond acceptors (Lipinski definition) is 2. The van der Waals surface area contributed by atoms with Gasteiger partial charge < -0.3 is 0 Å². The van der Waals surface area contributed by atoms with Crippen LogP contribution in [-0.4, -0.2) is 5.78 Å². The van der Waals surface area contributed by atoms with Crippen molar-refractivity contribution in [1.29, 1.82) is 5.26 Å². The topological polar surface area (TPSA) is 40.9 Å². The zero-order valence-electron chi connectivity index (χ0n) is 8.87. The molecular weight excluding hydrogens is 222 g/mol. The highest BCUT2D eigenvalue weighted by Crippen LogP contribution is 2.47. The molecule has 2 rings (SSSR count). The summed E-state index contributed by atoms with van der Waals surface area (Å²) < 4.78 is 0. The van der Waals surface area contributed by atoms with Gasteiger partial charge in [0.1, 0.15) is 0 Å². The van der Waals surface area contributed by atoms with Crippen molar-refractivity contribution in [3.05, 3.63) is 34.9 Å². The maximum absolute atomic E-state index is 12.0. The van der Waals surface area contributed by atoms with Crippen LogP contribution in [0, 0.1) is 11.3 Å². The molecule has 0 aromatic heterocycles. The van der Waals surface area contributed by atoms with E-state index in [4.69, 9.17) is 16.9 Å². The first-order valence-electron chi connectivity index (χ1n) is 5.36. The molecule has 0 aliphatic heterocycles. The van der Waals surface area contributed by atoms with Gasteiger partial charge in [0.15, 0.2) is 5.78 Å². The van der Waals surface area contributed by atoms with E-state index in [1.165, 1.54) is 0 Å². The predicted molar refractivity (Wildman–Crippen MR) is 62.2 cm³/mol. The van der Waals surface area contributed by atoms with E-state index < -0.39 is 5.41 Å². The quantitative estimate of drug-likeness (QED) is 0.804. The highest BCUT2D eigenvalue weighted by Gasteiger charge is 2.45.